The summed E-state index contributed by atoms with van der Waals surface area (Å²) in [5.41, 5.74) is -0.140. The van der Waals surface area contributed by atoms with Crippen LogP contribution in [0.15, 0.2) is 40.2 Å². The zero-order valence-electron chi connectivity index (χ0n) is 22.8. The van der Waals surface area contributed by atoms with Crippen LogP contribution in [0.2, 0.25) is 0 Å². The van der Waals surface area contributed by atoms with Crippen molar-refractivity contribution >= 4 is 27.5 Å². The summed E-state index contributed by atoms with van der Waals surface area (Å²) in [5, 5.41) is 9.31. The number of hydrogen-bond donors (Lipinski definition) is 0. The Morgan fingerprint density at radius 2 is 1.95 bits per heavy atom. The Kier molecular flexibility index (Phi) is 7.86. The van der Waals surface area contributed by atoms with Gasteiger partial charge in [0.1, 0.15) is 33.5 Å². The van der Waals surface area contributed by atoms with Crippen molar-refractivity contribution in [2.75, 3.05) is 27.3 Å². The first-order chi connectivity index (χ1) is 19.3. The molecule has 4 aromatic rings. The predicted octanol–water partition coefficient (Wildman–Crippen LogP) is 3.22. The number of aryl methyl sites for hydroxylation is 1. The van der Waals surface area contributed by atoms with E-state index in [-0.39, 0.29) is 12.5 Å². The summed E-state index contributed by atoms with van der Waals surface area (Å²) in [4.78, 5) is 44.7. The monoisotopic (exact) mass is 570 g/mol. The standard InChI is InChI=1S/C27H31FN6O5S/c1-5-13-39-21(18-14-17(28)8-9-20(18)38-4)15-32-26-22(16(2)25(40-26)34-29-10-11-30-34)24(36)33(27(32)37)19-7-6-12-31(3)23(19)35/h8-11,14,19,21H,5-7,12-13,15H2,1-4H3/t19-,21+/m1/s1. The molecule has 0 saturated carbocycles. The number of aromatic nitrogens is 5. The van der Waals surface area contributed by atoms with E-state index in [1.807, 2.05) is 6.92 Å². The molecule has 1 aromatic carbocycles. The lowest BCUT2D eigenvalue weighted by molar-refractivity contribution is -0.136. The molecule has 1 fully saturated rings. The predicted molar refractivity (Wildman–Crippen MR) is 148 cm³/mol. The average Bonchev–Trinajstić information content (AvgIpc) is 3.59. The number of piperidine rings is 1. The minimum atomic E-state index is -0.932. The number of rotatable bonds is 9. The third-order valence-electron chi connectivity index (χ3n) is 7.17. The molecule has 0 bridgehead atoms. The molecule has 1 amide bonds. The second-order valence-electron chi connectivity index (χ2n) is 9.76. The number of methoxy groups -OCH3 is 1. The number of benzene rings is 1. The van der Waals surface area contributed by atoms with Gasteiger partial charge in [0.25, 0.3) is 5.56 Å². The summed E-state index contributed by atoms with van der Waals surface area (Å²) in [6.07, 6.45) is 3.98. The third kappa shape index (κ3) is 4.83. The van der Waals surface area contributed by atoms with Gasteiger partial charge in [-0.05, 0) is 44.4 Å². The van der Waals surface area contributed by atoms with Crippen molar-refractivity contribution in [3.63, 3.8) is 0 Å². The lowest BCUT2D eigenvalue weighted by Gasteiger charge is -2.30. The van der Waals surface area contributed by atoms with Gasteiger partial charge < -0.3 is 14.4 Å². The second-order valence-corrected chi connectivity index (χ2v) is 10.7. The van der Waals surface area contributed by atoms with Crippen molar-refractivity contribution in [3.8, 4) is 10.8 Å². The normalized spacial score (nSPS) is 16.6. The number of carbonyl (C=O) groups excluding carboxylic acids is 1. The number of likely N-dealkylation sites (tertiary alicyclic amines) is 1. The minimum absolute atomic E-state index is 0.0435. The van der Waals surface area contributed by atoms with Crippen LogP contribution in [-0.2, 0) is 16.1 Å². The molecule has 0 spiro atoms. The van der Waals surface area contributed by atoms with Crippen molar-refractivity contribution in [3.05, 3.63) is 68.4 Å². The van der Waals surface area contributed by atoms with Gasteiger partial charge in [-0.15, -0.1) is 4.80 Å². The molecule has 3 aromatic heterocycles. The molecule has 0 radical (unpaired) electrons. The molecular weight excluding hydrogens is 539 g/mol. The van der Waals surface area contributed by atoms with E-state index in [9.17, 15) is 18.8 Å². The molecule has 2 atom stereocenters. The maximum Gasteiger partial charge on any atom is 0.332 e. The largest absolute Gasteiger partial charge is 0.496 e. The van der Waals surface area contributed by atoms with Crippen LogP contribution in [0.1, 0.15) is 49.5 Å². The Morgan fingerprint density at radius 1 is 1.20 bits per heavy atom. The summed E-state index contributed by atoms with van der Waals surface area (Å²) in [6.45, 7) is 4.58. The molecular formula is C27H31FN6O5S. The number of hydrogen-bond acceptors (Lipinski definition) is 8. The molecule has 11 nitrogen and oxygen atoms in total. The van der Waals surface area contributed by atoms with Crippen LogP contribution in [0, 0.1) is 12.7 Å². The van der Waals surface area contributed by atoms with Gasteiger partial charge in [-0.3, -0.25) is 14.2 Å². The number of fused-ring (bicyclic) bond motifs is 1. The lowest BCUT2D eigenvalue weighted by Crippen LogP contribution is -2.49. The van der Waals surface area contributed by atoms with Gasteiger partial charge in [-0.25, -0.2) is 13.8 Å². The highest BCUT2D eigenvalue weighted by molar-refractivity contribution is 7.21. The molecule has 1 aliphatic heterocycles. The van der Waals surface area contributed by atoms with Crippen LogP contribution in [0.4, 0.5) is 4.39 Å². The zero-order chi connectivity index (χ0) is 28.6. The number of ether oxygens (including phenoxy) is 2. The fraction of sp³-hybridized carbons (Fsp3) is 0.444. The van der Waals surface area contributed by atoms with Crippen molar-refractivity contribution in [2.24, 2.45) is 0 Å². The van der Waals surface area contributed by atoms with Gasteiger partial charge in [-0.2, -0.15) is 10.2 Å². The third-order valence-corrected chi connectivity index (χ3v) is 8.45. The summed E-state index contributed by atoms with van der Waals surface area (Å²) < 4.78 is 28.6. The quantitative estimate of drug-likeness (QED) is 0.304. The maximum absolute atomic E-state index is 14.4. The SMILES string of the molecule is CCCO[C@@H](Cn1c(=O)n([C@@H]2CCCN(C)C2=O)c(=O)c2c(C)c(-n3nccn3)sc21)c1cc(F)ccc1OC. The number of likely N-dealkylation sites (N-methyl/N-ethyl adjacent to an activating group) is 1. The van der Waals surface area contributed by atoms with Crippen LogP contribution >= 0.6 is 11.3 Å². The van der Waals surface area contributed by atoms with Crippen LogP contribution in [0.5, 0.6) is 5.75 Å². The molecule has 5 rings (SSSR count). The first-order valence-electron chi connectivity index (χ1n) is 13.1. The van der Waals surface area contributed by atoms with Crippen molar-refractivity contribution in [1.82, 2.24) is 29.0 Å². The van der Waals surface area contributed by atoms with E-state index in [2.05, 4.69) is 10.2 Å². The smallest absolute Gasteiger partial charge is 0.332 e. The van der Waals surface area contributed by atoms with Gasteiger partial charge in [0.05, 0.1) is 31.4 Å². The van der Waals surface area contributed by atoms with Crippen LogP contribution < -0.4 is 16.0 Å². The van der Waals surface area contributed by atoms with E-state index < -0.39 is 29.2 Å². The molecule has 0 N–H and O–H groups in total. The zero-order valence-corrected chi connectivity index (χ0v) is 23.6. The number of amides is 1. The molecule has 40 heavy (non-hydrogen) atoms. The van der Waals surface area contributed by atoms with E-state index in [1.54, 1.807) is 18.9 Å². The Morgan fingerprint density at radius 3 is 2.65 bits per heavy atom. The van der Waals surface area contributed by atoms with Gasteiger partial charge in [0.15, 0.2) is 0 Å². The van der Waals surface area contributed by atoms with Gasteiger partial charge in [-0.1, -0.05) is 18.3 Å². The number of halogens is 1. The van der Waals surface area contributed by atoms with E-state index in [0.717, 1.165) is 4.57 Å². The Hall–Kier alpha value is -3.84. The highest BCUT2D eigenvalue weighted by atomic mass is 32.1. The summed E-state index contributed by atoms with van der Waals surface area (Å²) in [5.74, 6) is -0.352. The van der Waals surface area contributed by atoms with Gasteiger partial charge >= 0.3 is 5.69 Å². The average molecular weight is 571 g/mol. The van der Waals surface area contributed by atoms with Crippen molar-refractivity contribution in [1.29, 1.82) is 0 Å². The first-order valence-corrected chi connectivity index (χ1v) is 13.9. The van der Waals surface area contributed by atoms with E-state index >= 15 is 0 Å². The summed E-state index contributed by atoms with van der Waals surface area (Å²) in [6, 6.07) is 3.20. The lowest BCUT2D eigenvalue weighted by atomic mass is 10.0. The van der Waals surface area contributed by atoms with Crippen LogP contribution in [0.3, 0.4) is 0 Å². The molecule has 1 aliphatic rings. The maximum atomic E-state index is 14.4. The first kappa shape index (κ1) is 27.7. The topological polar surface area (TPSA) is 113 Å². The fourth-order valence-electron chi connectivity index (χ4n) is 5.17. The molecule has 1 saturated heterocycles. The van der Waals surface area contributed by atoms with E-state index in [4.69, 9.17) is 9.47 Å². The number of thiophene rings is 1. The molecule has 0 unspecified atom stereocenters. The fourth-order valence-corrected chi connectivity index (χ4v) is 6.39. The van der Waals surface area contributed by atoms with Crippen LogP contribution in [-0.4, -0.2) is 62.2 Å². The Balaban J connectivity index is 1.77. The Labute approximate surface area is 233 Å². The van der Waals surface area contributed by atoms with Gasteiger partial charge in [0.2, 0.25) is 5.91 Å². The highest BCUT2D eigenvalue weighted by Gasteiger charge is 2.33. The minimum Gasteiger partial charge on any atom is -0.496 e. The summed E-state index contributed by atoms with van der Waals surface area (Å²) >= 11 is 1.20. The number of carbonyl (C=O) groups is 1. The molecule has 0 aliphatic carbocycles. The molecule has 4 heterocycles. The van der Waals surface area contributed by atoms with Gasteiger partial charge in [0, 0.05) is 31.3 Å². The van der Waals surface area contributed by atoms with Crippen molar-refractivity contribution < 1.29 is 18.7 Å². The molecule has 13 heteroatoms. The highest BCUT2D eigenvalue weighted by Crippen LogP contribution is 2.34. The number of nitrogens with zero attached hydrogens (tertiary/aromatic N) is 6. The summed E-state index contributed by atoms with van der Waals surface area (Å²) in [7, 11) is 3.15. The molecule has 212 valence electrons. The van der Waals surface area contributed by atoms with Crippen LogP contribution in [0.25, 0.3) is 15.2 Å². The second kappa shape index (κ2) is 11.3. The Bertz CT molecular complexity index is 1660. The van der Waals surface area contributed by atoms with E-state index in [1.165, 1.54) is 58.4 Å². The van der Waals surface area contributed by atoms with Crippen molar-refractivity contribution in [2.45, 2.75) is 51.8 Å². The van der Waals surface area contributed by atoms with E-state index in [0.29, 0.717) is 64.5 Å².